The van der Waals surface area contributed by atoms with Gasteiger partial charge in [0.1, 0.15) is 17.2 Å². The average molecular weight is 525 g/mol. The van der Waals surface area contributed by atoms with Crippen LogP contribution in [0.2, 0.25) is 0 Å². The smallest absolute Gasteiger partial charge is 0.132 e. The predicted octanol–water partition coefficient (Wildman–Crippen LogP) is 4.08. The minimum absolute atomic E-state index is 0.0296. The van der Waals surface area contributed by atoms with Gasteiger partial charge in [-0.2, -0.15) is 0 Å². The first kappa shape index (κ1) is 24.9. The zero-order chi connectivity index (χ0) is 27.3. The van der Waals surface area contributed by atoms with E-state index in [1.807, 2.05) is 36.8 Å². The summed E-state index contributed by atoms with van der Waals surface area (Å²) in [6.07, 6.45) is 7.43. The molecule has 0 saturated heterocycles. The standard InChI is InChI=1S/C30H32N6O3/c31-8-5-15-12-34-19-1-3-22(37)27(24(15)19)18-11-21-26(17(7-10-33)14-36-21)29(30(18)39)28-23(38)4-2-20-25(28)16(6-9-32)13-35-20/h1-4,11-14,34-39H,5-10,31-33H2. The van der Waals surface area contributed by atoms with Crippen molar-refractivity contribution in [3.8, 4) is 39.5 Å². The van der Waals surface area contributed by atoms with E-state index in [-0.39, 0.29) is 17.2 Å². The molecule has 39 heavy (non-hydrogen) atoms. The molecule has 200 valence electrons. The molecule has 0 bridgehead atoms. The van der Waals surface area contributed by atoms with Crippen LogP contribution in [0.1, 0.15) is 16.7 Å². The summed E-state index contributed by atoms with van der Waals surface area (Å²) < 4.78 is 0. The van der Waals surface area contributed by atoms with Crippen LogP contribution in [0.3, 0.4) is 0 Å². The van der Waals surface area contributed by atoms with Crippen molar-refractivity contribution >= 4 is 32.7 Å². The van der Waals surface area contributed by atoms with Crippen LogP contribution in [0.4, 0.5) is 0 Å². The Kier molecular flexibility index (Phi) is 6.19. The fraction of sp³-hybridized carbons (Fsp3) is 0.200. The van der Waals surface area contributed by atoms with E-state index in [1.165, 1.54) is 0 Å². The Hall–Kier alpha value is -4.44. The second kappa shape index (κ2) is 9.70. The fourth-order valence-corrected chi connectivity index (χ4v) is 5.94. The Labute approximate surface area is 224 Å². The third-order valence-electron chi connectivity index (χ3n) is 7.60. The Morgan fingerprint density at radius 3 is 1.49 bits per heavy atom. The van der Waals surface area contributed by atoms with E-state index in [1.54, 1.807) is 12.1 Å². The van der Waals surface area contributed by atoms with Crippen molar-refractivity contribution in [1.82, 2.24) is 15.0 Å². The van der Waals surface area contributed by atoms with Crippen LogP contribution in [0.5, 0.6) is 17.2 Å². The Morgan fingerprint density at radius 1 is 0.538 bits per heavy atom. The molecule has 0 aliphatic rings. The number of hydrogen-bond acceptors (Lipinski definition) is 6. The molecule has 3 aromatic heterocycles. The van der Waals surface area contributed by atoms with Crippen LogP contribution in [-0.4, -0.2) is 49.9 Å². The van der Waals surface area contributed by atoms with Gasteiger partial charge in [-0.15, -0.1) is 0 Å². The largest absolute Gasteiger partial charge is 0.507 e. The highest BCUT2D eigenvalue weighted by molar-refractivity contribution is 6.15. The minimum atomic E-state index is -0.0502. The Morgan fingerprint density at radius 2 is 0.974 bits per heavy atom. The highest BCUT2D eigenvalue weighted by Gasteiger charge is 2.27. The van der Waals surface area contributed by atoms with Gasteiger partial charge in [0.15, 0.2) is 0 Å². The van der Waals surface area contributed by atoms with Crippen LogP contribution in [-0.2, 0) is 19.3 Å². The van der Waals surface area contributed by atoms with Gasteiger partial charge >= 0.3 is 0 Å². The Bertz CT molecular complexity index is 1850. The molecule has 6 aromatic rings. The van der Waals surface area contributed by atoms with Crippen LogP contribution < -0.4 is 17.2 Å². The molecule has 0 radical (unpaired) electrons. The normalized spacial score (nSPS) is 11.9. The highest BCUT2D eigenvalue weighted by atomic mass is 16.3. The molecule has 0 aliphatic carbocycles. The fourth-order valence-electron chi connectivity index (χ4n) is 5.94. The van der Waals surface area contributed by atoms with Gasteiger partial charge in [-0.1, -0.05) is 0 Å². The number of hydrogen-bond donors (Lipinski definition) is 9. The number of phenolic OH excluding ortho intramolecular Hbond substituents is 3. The first-order chi connectivity index (χ1) is 19.0. The summed E-state index contributed by atoms with van der Waals surface area (Å²) >= 11 is 0. The van der Waals surface area contributed by atoms with Crippen molar-refractivity contribution in [2.75, 3.05) is 19.6 Å². The van der Waals surface area contributed by atoms with Crippen LogP contribution >= 0.6 is 0 Å². The van der Waals surface area contributed by atoms with Gasteiger partial charge in [0.2, 0.25) is 0 Å². The van der Waals surface area contributed by atoms with Gasteiger partial charge in [-0.05, 0) is 85.9 Å². The zero-order valence-electron chi connectivity index (χ0n) is 21.4. The summed E-state index contributed by atoms with van der Waals surface area (Å²) in [5.41, 5.74) is 24.9. The number of aromatic hydroxyl groups is 3. The van der Waals surface area contributed by atoms with Gasteiger partial charge in [-0.3, -0.25) is 0 Å². The SMILES string of the molecule is NCCc1c[nH]c2ccc(O)c(-c3cc4[nH]cc(CCN)c4c(-c4c(O)ccc5[nH]cc(CCN)c45)c3O)c12. The van der Waals surface area contributed by atoms with Crippen LogP contribution in [0.15, 0.2) is 48.9 Å². The molecule has 3 aromatic carbocycles. The number of phenols is 3. The number of fused-ring (bicyclic) bond motifs is 3. The van der Waals surface area contributed by atoms with Crippen molar-refractivity contribution in [2.45, 2.75) is 19.3 Å². The molecular formula is C30H32N6O3. The maximum Gasteiger partial charge on any atom is 0.132 e. The van der Waals surface area contributed by atoms with Gasteiger partial charge in [-0.25, -0.2) is 0 Å². The molecule has 6 rings (SSSR count). The van der Waals surface area contributed by atoms with Gasteiger partial charge in [0, 0.05) is 73.6 Å². The van der Waals surface area contributed by atoms with E-state index in [4.69, 9.17) is 17.2 Å². The maximum atomic E-state index is 12.2. The number of nitrogens with one attached hydrogen (secondary N) is 3. The van der Waals surface area contributed by atoms with Crippen LogP contribution in [0.25, 0.3) is 55.0 Å². The van der Waals surface area contributed by atoms with E-state index in [2.05, 4.69) is 15.0 Å². The average Bonchev–Trinajstić information content (AvgIpc) is 3.63. The Balaban J connectivity index is 1.78. The first-order valence-corrected chi connectivity index (χ1v) is 13.1. The lowest BCUT2D eigenvalue weighted by atomic mass is 9.87. The van der Waals surface area contributed by atoms with Crippen molar-refractivity contribution in [3.05, 3.63) is 65.6 Å². The summed E-state index contributed by atoms with van der Waals surface area (Å²) in [7, 11) is 0. The molecule has 3 heterocycles. The van der Waals surface area contributed by atoms with E-state index in [0.717, 1.165) is 49.4 Å². The lowest BCUT2D eigenvalue weighted by Gasteiger charge is -2.18. The molecule has 0 fully saturated rings. The first-order valence-electron chi connectivity index (χ1n) is 13.1. The van der Waals surface area contributed by atoms with E-state index >= 15 is 0 Å². The molecule has 9 nitrogen and oxygen atoms in total. The number of aromatic nitrogens is 3. The third kappa shape index (κ3) is 3.82. The number of aromatic amines is 3. The van der Waals surface area contributed by atoms with E-state index < -0.39 is 0 Å². The number of rotatable bonds is 8. The molecule has 0 saturated carbocycles. The zero-order valence-corrected chi connectivity index (χ0v) is 21.4. The van der Waals surface area contributed by atoms with E-state index in [0.29, 0.717) is 61.2 Å². The van der Waals surface area contributed by atoms with E-state index in [9.17, 15) is 15.3 Å². The van der Waals surface area contributed by atoms with Gasteiger partial charge in [0.25, 0.3) is 0 Å². The molecule has 0 unspecified atom stereocenters. The predicted molar refractivity (Wildman–Crippen MR) is 156 cm³/mol. The van der Waals surface area contributed by atoms with Gasteiger partial charge in [0.05, 0.1) is 0 Å². The summed E-state index contributed by atoms with van der Waals surface area (Å²) in [6, 6.07) is 8.70. The molecular weight excluding hydrogens is 492 g/mol. The van der Waals surface area contributed by atoms with Crippen molar-refractivity contribution in [2.24, 2.45) is 17.2 Å². The highest BCUT2D eigenvalue weighted by Crippen LogP contribution is 2.52. The molecule has 0 aliphatic heterocycles. The summed E-state index contributed by atoms with van der Waals surface area (Å²) in [4.78, 5) is 9.87. The minimum Gasteiger partial charge on any atom is -0.507 e. The summed E-state index contributed by atoms with van der Waals surface area (Å²) in [5, 5.41) is 37.0. The molecule has 12 N–H and O–H groups in total. The lowest BCUT2D eigenvalue weighted by molar-refractivity contribution is 0.468. The van der Waals surface area contributed by atoms with Gasteiger partial charge < -0.3 is 47.5 Å². The van der Waals surface area contributed by atoms with Crippen molar-refractivity contribution in [3.63, 3.8) is 0 Å². The second-order valence-electron chi connectivity index (χ2n) is 9.89. The number of benzene rings is 3. The van der Waals surface area contributed by atoms with Crippen molar-refractivity contribution < 1.29 is 15.3 Å². The maximum absolute atomic E-state index is 12.2. The summed E-state index contributed by atoms with van der Waals surface area (Å²) in [6.45, 7) is 1.28. The number of nitrogens with two attached hydrogens (primary N) is 3. The van der Waals surface area contributed by atoms with Crippen molar-refractivity contribution in [1.29, 1.82) is 0 Å². The molecule has 9 heteroatoms. The van der Waals surface area contributed by atoms with Crippen LogP contribution in [0, 0.1) is 0 Å². The second-order valence-corrected chi connectivity index (χ2v) is 9.89. The quantitative estimate of drug-likeness (QED) is 0.144. The molecule has 0 amide bonds. The number of H-pyrrole nitrogens is 3. The summed E-state index contributed by atoms with van der Waals surface area (Å²) in [5.74, 6) is 0.00953. The molecule has 0 atom stereocenters. The topological polar surface area (TPSA) is 186 Å². The lowest BCUT2D eigenvalue weighted by Crippen LogP contribution is -2.03. The monoisotopic (exact) mass is 524 g/mol. The molecule has 0 spiro atoms. The third-order valence-corrected chi connectivity index (χ3v) is 7.60.